The molecule has 0 bridgehead atoms. The van der Waals surface area contributed by atoms with E-state index >= 15 is 0 Å². The van der Waals surface area contributed by atoms with Gasteiger partial charge in [-0.2, -0.15) is 0 Å². The number of rotatable bonds is 5. The third-order valence-electron chi connectivity index (χ3n) is 4.46. The highest BCUT2D eigenvalue weighted by atomic mass is 35.5. The Morgan fingerprint density at radius 2 is 1.55 bits per heavy atom. The zero-order valence-electron chi connectivity index (χ0n) is 15.6. The summed E-state index contributed by atoms with van der Waals surface area (Å²) in [6.07, 6.45) is 0. The van der Waals surface area contributed by atoms with Crippen LogP contribution in [0.4, 0.5) is 5.69 Å². The van der Waals surface area contributed by atoms with Crippen molar-refractivity contribution in [1.82, 2.24) is 0 Å². The molecule has 0 unspecified atom stereocenters. The second-order valence-corrected chi connectivity index (χ2v) is 8.76. The molecule has 0 saturated carbocycles. The molecule has 6 heteroatoms. The summed E-state index contributed by atoms with van der Waals surface area (Å²) < 4.78 is 33.5. The summed E-state index contributed by atoms with van der Waals surface area (Å²) in [5, 5.41) is 2.48. The highest BCUT2D eigenvalue weighted by Gasteiger charge is 2.15. The van der Waals surface area contributed by atoms with Crippen molar-refractivity contribution in [3.8, 4) is 11.5 Å². The maximum Gasteiger partial charge on any atom is 0.261 e. The summed E-state index contributed by atoms with van der Waals surface area (Å²) in [6.45, 7) is 1.90. The molecule has 0 radical (unpaired) electrons. The average molecular weight is 424 g/mol. The monoisotopic (exact) mass is 423 g/mol. The molecular formula is C23H18ClNO3S. The van der Waals surface area contributed by atoms with Crippen molar-refractivity contribution in [2.24, 2.45) is 0 Å². The fraction of sp³-hybridized carbons (Fsp3) is 0.0435. The Hall–Kier alpha value is -3.02. The van der Waals surface area contributed by atoms with Crippen molar-refractivity contribution in [3.05, 3.63) is 95.5 Å². The summed E-state index contributed by atoms with van der Waals surface area (Å²) >= 11 is 6.33. The van der Waals surface area contributed by atoms with E-state index in [4.69, 9.17) is 16.3 Å². The smallest absolute Gasteiger partial charge is 0.261 e. The minimum absolute atomic E-state index is 0.190. The number of nitrogens with one attached hydrogen (secondary N) is 1. The lowest BCUT2D eigenvalue weighted by Gasteiger charge is -2.12. The van der Waals surface area contributed by atoms with Gasteiger partial charge >= 0.3 is 0 Å². The molecule has 4 aromatic rings. The van der Waals surface area contributed by atoms with Gasteiger partial charge in [0.05, 0.1) is 15.6 Å². The van der Waals surface area contributed by atoms with Gasteiger partial charge in [0.15, 0.2) is 0 Å². The molecule has 4 rings (SSSR count). The Morgan fingerprint density at radius 1 is 0.828 bits per heavy atom. The number of aryl methyl sites for hydroxylation is 1. The van der Waals surface area contributed by atoms with Crippen LogP contribution in [0.25, 0.3) is 10.8 Å². The van der Waals surface area contributed by atoms with E-state index in [1.165, 1.54) is 6.07 Å². The van der Waals surface area contributed by atoms with Gasteiger partial charge in [-0.05, 0) is 60.2 Å². The normalized spacial score (nSPS) is 11.4. The molecule has 0 heterocycles. The predicted molar refractivity (Wildman–Crippen MR) is 117 cm³/mol. The fourth-order valence-corrected chi connectivity index (χ4v) is 4.21. The first-order chi connectivity index (χ1) is 13.9. The third kappa shape index (κ3) is 4.36. The van der Waals surface area contributed by atoms with Gasteiger partial charge in [0.25, 0.3) is 10.0 Å². The van der Waals surface area contributed by atoms with Crippen LogP contribution in [0.3, 0.4) is 0 Å². The van der Waals surface area contributed by atoms with Crippen LogP contribution in [0.15, 0.2) is 89.8 Å². The van der Waals surface area contributed by atoms with Crippen LogP contribution in [0.2, 0.25) is 5.02 Å². The van der Waals surface area contributed by atoms with Crippen molar-refractivity contribution >= 4 is 38.1 Å². The van der Waals surface area contributed by atoms with Crippen molar-refractivity contribution in [1.29, 1.82) is 0 Å². The van der Waals surface area contributed by atoms with E-state index in [2.05, 4.69) is 4.72 Å². The van der Waals surface area contributed by atoms with Gasteiger partial charge in [0.2, 0.25) is 0 Å². The molecule has 4 nitrogen and oxygen atoms in total. The summed E-state index contributed by atoms with van der Waals surface area (Å²) in [5.74, 6) is 1.10. The Labute approximate surface area is 174 Å². The first-order valence-electron chi connectivity index (χ1n) is 8.96. The highest BCUT2D eigenvalue weighted by Crippen LogP contribution is 2.33. The number of halogens is 1. The minimum Gasteiger partial charge on any atom is -0.456 e. The standard InChI is InChI=1S/C23H18ClNO3S/c1-16-6-11-21(12-7-16)29(26,27)25-19-9-13-23(22(24)15-19)28-20-10-8-17-4-2-3-5-18(17)14-20/h2-15,25H,1H3. The quantitative estimate of drug-likeness (QED) is 0.404. The number of anilines is 1. The average Bonchev–Trinajstić information content (AvgIpc) is 2.70. The zero-order chi connectivity index (χ0) is 20.4. The lowest BCUT2D eigenvalue weighted by Crippen LogP contribution is -2.12. The van der Waals surface area contributed by atoms with Gasteiger partial charge < -0.3 is 4.74 Å². The van der Waals surface area contributed by atoms with Gasteiger partial charge in [0, 0.05) is 0 Å². The molecule has 0 aliphatic carbocycles. The van der Waals surface area contributed by atoms with Crippen LogP contribution in [-0.2, 0) is 10.0 Å². The lowest BCUT2D eigenvalue weighted by atomic mass is 10.1. The van der Waals surface area contributed by atoms with Gasteiger partial charge in [-0.3, -0.25) is 4.72 Å². The van der Waals surface area contributed by atoms with Crippen molar-refractivity contribution in [2.45, 2.75) is 11.8 Å². The van der Waals surface area contributed by atoms with Crippen molar-refractivity contribution < 1.29 is 13.2 Å². The second-order valence-electron chi connectivity index (χ2n) is 6.67. The summed E-state index contributed by atoms with van der Waals surface area (Å²) in [7, 11) is -3.69. The topological polar surface area (TPSA) is 55.4 Å². The van der Waals surface area contributed by atoms with Gasteiger partial charge in [-0.25, -0.2) is 8.42 Å². The molecule has 0 atom stereocenters. The number of fused-ring (bicyclic) bond motifs is 1. The van der Waals surface area contributed by atoms with Gasteiger partial charge in [-0.1, -0.05) is 59.6 Å². The van der Waals surface area contributed by atoms with E-state index in [-0.39, 0.29) is 4.90 Å². The maximum atomic E-state index is 12.5. The van der Waals surface area contributed by atoms with Gasteiger partial charge in [0.1, 0.15) is 11.5 Å². The number of sulfonamides is 1. The molecule has 0 amide bonds. The summed E-state index contributed by atoms with van der Waals surface area (Å²) in [6, 6.07) is 25.2. The minimum atomic E-state index is -3.69. The third-order valence-corrected chi connectivity index (χ3v) is 6.16. The van der Waals surface area contributed by atoms with E-state index in [1.807, 2.05) is 49.4 Å². The fourth-order valence-electron chi connectivity index (χ4n) is 2.94. The van der Waals surface area contributed by atoms with Crippen LogP contribution < -0.4 is 9.46 Å². The summed E-state index contributed by atoms with van der Waals surface area (Å²) in [4.78, 5) is 0.190. The Bertz CT molecular complexity index is 1290. The van der Waals surface area contributed by atoms with E-state index in [0.717, 1.165) is 16.3 Å². The number of ether oxygens (including phenoxy) is 1. The SMILES string of the molecule is Cc1ccc(S(=O)(=O)Nc2ccc(Oc3ccc4ccccc4c3)c(Cl)c2)cc1. The van der Waals surface area contributed by atoms with Crippen LogP contribution in [-0.4, -0.2) is 8.42 Å². The Balaban J connectivity index is 1.55. The van der Waals surface area contributed by atoms with E-state index in [0.29, 0.717) is 22.2 Å². The Morgan fingerprint density at radius 3 is 2.28 bits per heavy atom. The van der Waals surface area contributed by atoms with Crippen LogP contribution in [0.5, 0.6) is 11.5 Å². The molecule has 0 spiro atoms. The van der Waals surface area contributed by atoms with Gasteiger partial charge in [-0.15, -0.1) is 0 Å². The number of hydrogen-bond acceptors (Lipinski definition) is 3. The molecular weight excluding hydrogens is 406 g/mol. The maximum absolute atomic E-state index is 12.5. The molecule has 0 aliphatic heterocycles. The first kappa shape index (κ1) is 19.3. The highest BCUT2D eigenvalue weighted by molar-refractivity contribution is 7.92. The molecule has 4 aromatic carbocycles. The molecule has 1 N–H and O–H groups in total. The Kier molecular flexibility index (Phi) is 5.18. The predicted octanol–water partition coefficient (Wildman–Crippen LogP) is 6.39. The van der Waals surface area contributed by atoms with E-state index in [1.54, 1.807) is 36.4 Å². The number of benzene rings is 4. The van der Waals surface area contributed by atoms with E-state index in [9.17, 15) is 8.42 Å². The van der Waals surface area contributed by atoms with Crippen LogP contribution >= 0.6 is 11.6 Å². The molecule has 0 aliphatic rings. The molecule has 0 aromatic heterocycles. The molecule has 0 fully saturated rings. The van der Waals surface area contributed by atoms with Crippen molar-refractivity contribution in [3.63, 3.8) is 0 Å². The molecule has 0 saturated heterocycles. The largest absolute Gasteiger partial charge is 0.456 e. The van der Waals surface area contributed by atoms with Crippen LogP contribution in [0, 0.1) is 6.92 Å². The van der Waals surface area contributed by atoms with E-state index < -0.39 is 10.0 Å². The molecule has 146 valence electrons. The molecule has 29 heavy (non-hydrogen) atoms. The number of hydrogen-bond donors (Lipinski definition) is 1. The van der Waals surface area contributed by atoms with Crippen LogP contribution in [0.1, 0.15) is 5.56 Å². The first-order valence-corrected chi connectivity index (χ1v) is 10.8. The van der Waals surface area contributed by atoms with Crippen molar-refractivity contribution in [2.75, 3.05) is 4.72 Å². The lowest BCUT2D eigenvalue weighted by molar-refractivity contribution is 0.484. The zero-order valence-corrected chi connectivity index (χ0v) is 17.2. The second kappa shape index (κ2) is 7.78. The summed E-state index contributed by atoms with van der Waals surface area (Å²) in [5.41, 5.74) is 1.35.